The molecule has 0 heterocycles. The van der Waals surface area contributed by atoms with E-state index in [1.807, 2.05) is 19.1 Å². The highest BCUT2D eigenvalue weighted by Gasteiger charge is 2.38. The molecule has 1 N–H and O–H groups in total. The summed E-state index contributed by atoms with van der Waals surface area (Å²) in [6, 6.07) is 5.64. The molecule has 0 amide bonds. The Morgan fingerprint density at radius 2 is 2.21 bits per heavy atom. The summed E-state index contributed by atoms with van der Waals surface area (Å²) in [7, 11) is 1.38. The fraction of sp³-hybridized carbons (Fsp3) is 0.500. The van der Waals surface area contributed by atoms with Crippen molar-refractivity contribution >= 4 is 33.5 Å². The van der Waals surface area contributed by atoms with Gasteiger partial charge in [0.15, 0.2) is 0 Å². The van der Waals surface area contributed by atoms with E-state index in [1.165, 1.54) is 7.11 Å². The van der Waals surface area contributed by atoms with Gasteiger partial charge in [0.25, 0.3) is 0 Å². The third kappa shape index (κ3) is 3.71. The first kappa shape index (κ1) is 16.5. The van der Waals surface area contributed by atoms with Gasteiger partial charge in [-0.05, 0) is 32.4 Å². The van der Waals surface area contributed by atoms with Gasteiger partial charge in [-0.1, -0.05) is 40.5 Å². The number of hydrogen-bond acceptors (Lipinski definition) is 3. The van der Waals surface area contributed by atoms with Gasteiger partial charge in [-0.3, -0.25) is 5.32 Å². The molecule has 2 unspecified atom stereocenters. The molecule has 2 atom stereocenters. The van der Waals surface area contributed by atoms with Gasteiger partial charge in [0.2, 0.25) is 0 Å². The van der Waals surface area contributed by atoms with E-state index < -0.39 is 5.54 Å². The van der Waals surface area contributed by atoms with Gasteiger partial charge in [0.05, 0.1) is 7.11 Å². The van der Waals surface area contributed by atoms with Crippen LogP contribution in [0.1, 0.15) is 32.8 Å². The lowest BCUT2D eigenvalue weighted by atomic mass is 9.90. The predicted molar refractivity (Wildman–Crippen MR) is 81.4 cm³/mol. The first-order valence-corrected chi connectivity index (χ1v) is 7.33. The Morgan fingerprint density at radius 1 is 1.58 bits per heavy atom. The van der Waals surface area contributed by atoms with Crippen LogP contribution in [0.25, 0.3) is 0 Å². The smallest absolute Gasteiger partial charge is 0.330 e. The van der Waals surface area contributed by atoms with Crippen molar-refractivity contribution in [2.45, 2.75) is 38.8 Å². The van der Waals surface area contributed by atoms with Crippen molar-refractivity contribution in [3.05, 3.63) is 33.3 Å². The third-order valence-corrected chi connectivity index (χ3v) is 4.02. The van der Waals surface area contributed by atoms with Crippen LogP contribution in [0.3, 0.4) is 0 Å². The van der Waals surface area contributed by atoms with Crippen molar-refractivity contribution in [3.8, 4) is 0 Å². The Morgan fingerprint density at radius 3 is 2.68 bits per heavy atom. The maximum atomic E-state index is 12.2. The van der Waals surface area contributed by atoms with E-state index in [2.05, 4.69) is 28.2 Å². The molecule has 1 aromatic carbocycles. The maximum absolute atomic E-state index is 12.2. The van der Waals surface area contributed by atoms with Gasteiger partial charge < -0.3 is 4.74 Å². The lowest BCUT2D eigenvalue weighted by molar-refractivity contribution is -0.148. The molecule has 0 saturated carbocycles. The number of benzene rings is 1. The Hall–Kier alpha value is -0.580. The molecule has 0 bridgehead atoms. The molecule has 0 aliphatic heterocycles. The van der Waals surface area contributed by atoms with Crippen LogP contribution in [0.2, 0.25) is 5.02 Å². The van der Waals surface area contributed by atoms with Crippen LogP contribution in [0, 0.1) is 0 Å². The van der Waals surface area contributed by atoms with Gasteiger partial charge in [-0.2, -0.15) is 0 Å². The molecule has 19 heavy (non-hydrogen) atoms. The van der Waals surface area contributed by atoms with Crippen LogP contribution in [0.4, 0.5) is 0 Å². The van der Waals surface area contributed by atoms with E-state index in [-0.39, 0.29) is 12.0 Å². The molecule has 106 valence electrons. The molecule has 5 heteroatoms. The summed E-state index contributed by atoms with van der Waals surface area (Å²) in [4.78, 5) is 12.2. The number of methoxy groups -OCH3 is 1. The monoisotopic (exact) mass is 347 g/mol. The Labute approximate surface area is 127 Å². The first-order chi connectivity index (χ1) is 8.85. The number of halogens is 2. The van der Waals surface area contributed by atoms with Crippen LogP contribution in [0.15, 0.2) is 22.7 Å². The average Bonchev–Trinajstić information content (AvgIpc) is 2.37. The highest BCUT2D eigenvalue weighted by molar-refractivity contribution is 9.10. The minimum atomic E-state index is -0.956. The summed E-state index contributed by atoms with van der Waals surface area (Å²) < 4.78 is 5.80. The van der Waals surface area contributed by atoms with Gasteiger partial charge >= 0.3 is 5.97 Å². The zero-order valence-electron chi connectivity index (χ0n) is 11.6. The highest BCUT2D eigenvalue weighted by atomic mass is 79.9. The summed E-state index contributed by atoms with van der Waals surface area (Å²) >= 11 is 9.62. The molecule has 0 aliphatic carbocycles. The van der Waals surface area contributed by atoms with Crippen LogP contribution in [-0.2, 0) is 15.1 Å². The largest absolute Gasteiger partial charge is 0.467 e. The van der Waals surface area contributed by atoms with Crippen molar-refractivity contribution in [1.29, 1.82) is 0 Å². The topological polar surface area (TPSA) is 38.3 Å². The Balaban J connectivity index is 3.26. The highest BCUT2D eigenvalue weighted by Crippen LogP contribution is 2.32. The molecule has 0 aromatic heterocycles. The van der Waals surface area contributed by atoms with E-state index in [0.29, 0.717) is 10.6 Å². The molecule has 0 spiro atoms. The van der Waals surface area contributed by atoms with E-state index in [9.17, 15) is 4.79 Å². The molecule has 0 saturated heterocycles. The first-order valence-electron chi connectivity index (χ1n) is 6.16. The summed E-state index contributed by atoms with van der Waals surface area (Å²) in [6.45, 7) is 5.87. The summed E-state index contributed by atoms with van der Waals surface area (Å²) in [5.41, 5.74) is -0.244. The van der Waals surface area contributed by atoms with Gasteiger partial charge in [-0.25, -0.2) is 4.79 Å². The van der Waals surface area contributed by atoms with E-state index in [1.54, 1.807) is 13.0 Å². The van der Waals surface area contributed by atoms with Crippen molar-refractivity contribution < 1.29 is 9.53 Å². The number of carbonyl (C=O) groups is 1. The summed E-state index contributed by atoms with van der Waals surface area (Å²) in [5, 5.41) is 3.82. The third-order valence-electron chi connectivity index (χ3n) is 3.21. The number of carbonyl (C=O) groups excluding carboxylic acids is 1. The lowest BCUT2D eigenvalue weighted by Gasteiger charge is -2.32. The van der Waals surface area contributed by atoms with Crippen molar-refractivity contribution in [3.63, 3.8) is 0 Å². The molecule has 0 aliphatic rings. The molecule has 3 nitrogen and oxygen atoms in total. The minimum absolute atomic E-state index is 0.170. The second-order valence-corrected chi connectivity index (χ2v) is 6.02. The number of hydrogen-bond donors (Lipinski definition) is 1. The molecular formula is C14H19BrClNO2. The predicted octanol–water partition coefficient (Wildman–Crippen LogP) is 3.88. The Bertz CT molecular complexity index is 467. The summed E-state index contributed by atoms with van der Waals surface area (Å²) in [5.74, 6) is -0.350. The molecule has 0 radical (unpaired) electrons. The fourth-order valence-electron chi connectivity index (χ4n) is 1.94. The van der Waals surface area contributed by atoms with E-state index in [4.69, 9.17) is 16.3 Å². The second kappa shape index (κ2) is 6.73. The number of nitrogens with one attached hydrogen (secondary N) is 1. The van der Waals surface area contributed by atoms with Gasteiger partial charge in [-0.15, -0.1) is 0 Å². The zero-order valence-corrected chi connectivity index (χ0v) is 13.9. The van der Waals surface area contributed by atoms with Crippen molar-refractivity contribution in [2.24, 2.45) is 0 Å². The van der Waals surface area contributed by atoms with Crippen LogP contribution >= 0.6 is 27.5 Å². The maximum Gasteiger partial charge on any atom is 0.330 e. The van der Waals surface area contributed by atoms with Crippen molar-refractivity contribution in [2.75, 3.05) is 7.11 Å². The van der Waals surface area contributed by atoms with Crippen LogP contribution in [-0.4, -0.2) is 19.1 Å². The number of esters is 1. The van der Waals surface area contributed by atoms with E-state index >= 15 is 0 Å². The number of ether oxygens (including phenoxy) is 1. The molecular weight excluding hydrogens is 330 g/mol. The van der Waals surface area contributed by atoms with Crippen LogP contribution < -0.4 is 5.32 Å². The van der Waals surface area contributed by atoms with E-state index in [0.717, 1.165) is 10.9 Å². The van der Waals surface area contributed by atoms with Gasteiger partial charge in [0, 0.05) is 21.1 Å². The summed E-state index contributed by atoms with van der Waals surface area (Å²) in [6.07, 6.45) is 0.904. The van der Waals surface area contributed by atoms with Crippen molar-refractivity contribution in [1.82, 2.24) is 5.32 Å². The fourth-order valence-corrected chi connectivity index (χ4v) is 2.80. The second-order valence-electron chi connectivity index (χ2n) is 4.69. The number of rotatable bonds is 5. The molecule has 1 aromatic rings. The minimum Gasteiger partial charge on any atom is -0.467 e. The SMILES string of the molecule is CCC(C)NC(C)(C(=O)OC)c1ccc(Br)cc1Cl. The normalized spacial score (nSPS) is 15.7. The average molecular weight is 349 g/mol. The van der Waals surface area contributed by atoms with Crippen LogP contribution in [0.5, 0.6) is 0 Å². The van der Waals surface area contributed by atoms with Gasteiger partial charge in [0.1, 0.15) is 5.54 Å². The lowest BCUT2D eigenvalue weighted by Crippen LogP contribution is -2.51. The zero-order chi connectivity index (χ0) is 14.6. The quantitative estimate of drug-likeness (QED) is 0.821. The molecule has 0 fully saturated rings. The molecule has 1 rings (SSSR count). The standard InChI is InChI=1S/C14H19BrClNO2/c1-5-9(2)17-14(3,13(18)19-4)11-7-6-10(15)8-12(11)16/h6-9,17H,5H2,1-4H3. The Kier molecular flexibility index (Phi) is 5.83.